The fourth-order valence-corrected chi connectivity index (χ4v) is 2.65. The molecule has 132 valence electrons. The molecule has 0 aliphatic carbocycles. The van der Waals surface area contributed by atoms with Crippen LogP contribution in [0.15, 0.2) is 42.5 Å². The molecule has 0 bridgehead atoms. The van der Waals surface area contributed by atoms with Crippen molar-refractivity contribution in [1.29, 1.82) is 0 Å². The highest BCUT2D eigenvalue weighted by atomic mass is 127. The second-order valence-corrected chi connectivity index (χ2v) is 7.44. The Kier molecular flexibility index (Phi) is 5.99. The summed E-state index contributed by atoms with van der Waals surface area (Å²) in [5.41, 5.74) is 0.908. The Balaban J connectivity index is 2.00. The van der Waals surface area contributed by atoms with E-state index in [4.69, 9.17) is 4.74 Å². The molecule has 0 saturated heterocycles. The highest BCUT2D eigenvalue weighted by Gasteiger charge is 2.16. The average Bonchev–Trinajstić information content (AvgIpc) is 2.47. The third-order valence-electron chi connectivity index (χ3n) is 2.96. The molecular weight excluding hydrogens is 438 g/mol. The van der Waals surface area contributed by atoms with Gasteiger partial charge in [-0.2, -0.15) is 0 Å². The van der Waals surface area contributed by atoms with E-state index in [9.17, 15) is 14.0 Å². The predicted molar refractivity (Wildman–Crippen MR) is 103 cm³/mol. The molecule has 0 aliphatic rings. The zero-order chi connectivity index (χ0) is 18.6. The quantitative estimate of drug-likeness (QED) is 0.637. The fraction of sp³-hybridized carbons (Fsp3) is 0.222. The van der Waals surface area contributed by atoms with E-state index in [2.05, 4.69) is 10.6 Å². The molecule has 2 N–H and O–H groups in total. The van der Waals surface area contributed by atoms with E-state index in [1.54, 1.807) is 45.0 Å². The van der Waals surface area contributed by atoms with Gasteiger partial charge in [0.2, 0.25) is 0 Å². The monoisotopic (exact) mass is 456 g/mol. The minimum absolute atomic E-state index is 0.336. The van der Waals surface area contributed by atoms with Crippen LogP contribution in [0, 0.1) is 9.39 Å². The number of benzene rings is 2. The van der Waals surface area contributed by atoms with E-state index < -0.39 is 17.5 Å². The van der Waals surface area contributed by atoms with Gasteiger partial charge in [0.1, 0.15) is 11.4 Å². The number of carbonyl (C=O) groups excluding carboxylic acids is 2. The number of carbonyl (C=O) groups is 2. The van der Waals surface area contributed by atoms with Crippen LogP contribution in [0.4, 0.5) is 20.6 Å². The first kappa shape index (κ1) is 19.2. The Morgan fingerprint density at radius 2 is 1.56 bits per heavy atom. The molecule has 0 radical (unpaired) electrons. The third-order valence-corrected chi connectivity index (χ3v) is 3.86. The molecule has 0 spiro atoms. The largest absolute Gasteiger partial charge is 0.444 e. The maximum Gasteiger partial charge on any atom is 0.412 e. The summed E-state index contributed by atoms with van der Waals surface area (Å²) < 4.78 is 18.8. The molecule has 2 aromatic rings. The van der Waals surface area contributed by atoms with Gasteiger partial charge in [-0.1, -0.05) is 0 Å². The van der Waals surface area contributed by atoms with Crippen LogP contribution >= 0.6 is 22.6 Å². The molecule has 0 aromatic heterocycles. The Bertz CT molecular complexity index is 786. The normalized spacial score (nSPS) is 10.9. The summed E-state index contributed by atoms with van der Waals surface area (Å²) in [5.74, 6) is -0.726. The molecule has 0 fully saturated rings. The first-order valence-electron chi connectivity index (χ1n) is 7.50. The van der Waals surface area contributed by atoms with Crippen LogP contribution in [0.5, 0.6) is 0 Å². The molecule has 2 rings (SSSR count). The number of amides is 2. The molecular formula is C18H18FIN2O3. The van der Waals surface area contributed by atoms with Crippen molar-refractivity contribution in [2.45, 2.75) is 26.4 Å². The lowest BCUT2D eigenvalue weighted by atomic mass is 10.2. The lowest BCUT2D eigenvalue weighted by Gasteiger charge is -2.19. The molecule has 0 atom stereocenters. The minimum atomic E-state index is -0.579. The van der Waals surface area contributed by atoms with Crippen LogP contribution in [0.1, 0.15) is 31.1 Å². The molecule has 0 aliphatic heterocycles. The van der Waals surface area contributed by atoms with E-state index in [-0.39, 0.29) is 5.91 Å². The summed E-state index contributed by atoms with van der Waals surface area (Å²) >= 11 is 1.91. The van der Waals surface area contributed by atoms with Crippen LogP contribution in [-0.4, -0.2) is 17.6 Å². The zero-order valence-electron chi connectivity index (χ0n) is 14.0. The van der Waals surface area contributed by atoms with Crippen molar-refractivity contribution in [1.82, 2.24) is 0 Å². The highest BCUT2D eigenvalue weighted by Crippen LogP contribution is 2.18. The van der Waals surface area contributed by atoms with Gasteiger partial charge in [0, 0.05) is 14.9 Å². The Labute approximate surface area is 159 Å². The molecule has 2 amide bonds. The van der Waals surface area contributed by atoms with Crippen molar-refractivity contribution in [3.63, 3.8) is 0 Å². The number of nitrogens with one attached hydrogen (secondary N) is 2. The lowest BCUT2D eigenvalue weighted by molar-refractivity contribution is 0.0635. The summed E-state index contributed by atoms with van der Waals surface area (Å²) in [4.78, 5) is 23.9. The SMILES string of the molecule is CC(C)(C)OC(=O)Nc1ccc(NC(=O)c2ccc(F)cc2I)cc1. The summed E-state index contributed by atoms with van der Waals surface area (Å²) in [5, 5.41) is 5.34. The topological polar surface area (TPSA) is 67.4 Å². The Morgan fingerprint density at radius 3 is 2.08 bits per heavy atom. The fourth-order valence-electron chi connectivity index (χ4n) is 1.93. The van der Waals surface area contributed by atoms with E-state index in [1.807, 2.05) is 22.6 Å². The summed E-state index contributed by atoms with van der Waals surface area (Å²) in [6.45, 7) is 5.34. The van der Waals surface area contributed by atoms with E-state index in [0.29, 0.717) is 20.5 Å². The van der Waals surface area contributed by atoms with Crippen LogP contribution < -0.4 is 10.6 Å². The number of ether oxygens (including phenoxy) is 1. The van der Waals surface area contributed by atoms with Crippen LogP contribution in [-0.2, 0) is 4.74 Å². The molecule has 25 heavy (non-hydrogen) atoms. The molecule has 0 saturated carbocycles. The molecule has 7 heteroatoms. The predicted octanol–water partition coefficient (Wildman–Crippen LogP) is 5.03. The number of halogens is 2. The second kappa shape index (κ2) is 7.81. The maximum atomic E-state index is 13.1. The first-order chi connectivity index (χ1) is 11.6. The van der Waals surface area contributed by atoms with Gasteiger partial charge in [-0.05, 0) is 85.8 Å². The first-order valence-corrected chi connectivity index (χ1v) is 8.58. The summed E-state index contributed by atoms with van der Waals surface area (Å²) in [6.07, 6.45) is -0.551. The Morgan fingerprint density at radius 1 is 1.00 bits per heavy atom. The van der Waals surface area contributed by atoms with Crippen molar-refractivity contribution in [2.24, 2.45) is 0 Å². The van der Waals surface area contributed by atoms with Gasteiger partial charge in [-0.15, -0.1) is 0 Å². The minimum Gasteiger partial charge on any atom is -0.444 e. The van der Waals surface area contributed by atoms with Crippen LogP contribution in [0.3, 0.4) is 0 Å². The van der Waals surface area contributed by atoms with Gasteiger partial charge in [0.05, 0.1) is 5.56 Å². The second-order valence-electron chi connectivity index (χ2n) is 6.28. The number of hydrogen-bond acceptors (Lipinski definition) is 3. The van der Waals surface area contributed by atoms with Crippen molar-refractivity contribution >= 4 is 46.0 Å². The van der Waals surface area contributed by atoms with Gasteiger partial charge in [-0.3, -0.25) is 10.1 Å². The molecule has 5 nitrogen and oxygen atoms in total. The van der Waals surface area contributed by atoms with Gasteiger partial charge < -0.3 is 10.1 Å². The summed E-state index contributed by atoms with van der Waals surface area (Å²) in [7, 11) is 0. The number of rotatable bonds is 3. The maximum absolute atomic E-state index is 13.1. The average molecular weight is 456 g/mol. The third kappa shape index (κ3) is 6.00. The van der Waals surface area contributed by atoms with Gasteiger partial charge >= 0.3 is 6.09 Å². The van der Waals surface area contributed by atoms with Crippen LogP contribution in [0.2, 0.25) is 0 Å². The van der Waals surface area contributed by atoms with E-state index in [0.717, 1.165) is 0 Å². The van der Waals surface area contributed by atoms with Crippen molar-refractivity contribution in [3.8, 4) is 0 Å². The van der Waals surface area contributed by atoms with E-state index in [1.165, 1.54) is 18.2 Å². The van der Waals surface area contributed by atoms with Crippen molar-refractivity contribution in [2.75, 3.05) is 10.6 Å². The van der Waals surface area contributed by atoms with Crippen molar-refractivity contribution in [3.05, 3.63) is 57.4 Å². The smallest absolute Gasteiger partial charge is 0.412 e. The standard InChI is InChI=1S/C18H18FIN2O3/c1-18(2,3)25-17(24)22-13-7-5-12(6-8-13)21-16(23)14-9-4-11(19)10-15(14)20/h4-10H,1-3H3,(H,21,23)(H,22,24). The number of hydrogen-bond donors (Lipinski definition) is 2. The highest BCUT2D eigenvalue weighted by molar-refractivity contribution is 14.1. The van der Waals surface area contributed by atoms with Crippen LogP contribution in [0.25, 0.3) is 0 Å². The zero-order valence-corrected chi connectivity index (χ0v) is 16.2. The Hall–Kier alpha value is -2.16. The van der Waals surface area contributed by atoms with Gasteiger partial charge in [0.25, 0.3) is 5.91 Å². The number of anilines is 2. The van der Waals surface area contributed by atoms with E-state index >= 15 is 0 Å². The molecule has 0 unspecified atom stereocenters. The van der Waals surface area contributed by atoms with Gasteiger partial charge in [0.15, 0.2) is 0 Å². The lowest BCUT2D eigenvalue weighted by Crippen LogP contribution is -2.27. The van der Waals surface area contributed by atoms with Gasteiger partial charge in [-0.25, -0.2) is 9.18 Å². The summed E-state index contributed by atoms with van der Waals surface area (Å²) in [6, 6.07) is 10.6. The molecule has 0 heterocycles. The molecule has 2 aromatic carbocycles. The van der Waals surface area contributed by atoms with Crippen molar-refractivity contribution < 1.29 is 18.7 Å².